The van der Waals surface area contributed by atoms with Gasteiger partial charge in [-0.1, -0.05) is 37.1 Å². The minimum Gasteiger partial charge on any atom is -0.444 e. The molecule has 0 radical (unpaired) electrons. The van der Waals surface area contributed by atoms with Gasteiger partial charge in [-0.05, 0) is 116 Å². The summed E-state index contributed by atoms with van der Waals surface area (Å²) in [6.45, 7) is 13.0. The molecule has 4 saturated heterocycles. The number of carbonyl (C=O) groups is 6. The quantitative estimate of drug-likeness (QED) is 0.168. The monoisotopic (exact) mass is 1170 g/mol. The highest BCUT2D eigenvalue weighted by molar-refractivity contribution is 7.88. The molecule has 2 aromatic carbocycles. The lowest BCUT2D eigenvalue weighted by atomic mass is 10.0. The number of halogens is 2. The fourth-order valence-corrected chi connectivity index (χ4v) is 12.9. The summed E-state index contributed by atoms with van der Waals surface area (Å²) in [5.74, 6) is -3.44. The van der Waals surface area contributed by atoms with E-state index in [9.17, 15) is 44.8 Å². The number of hydrogen-bond acceptors (Lipinski definition) is 14. The second-order valence-electron chi connectivity index (χ2n) is 23.3. The van der Waals surface area contributed by atoms with E-state index in [2.05, 4.69) is 10.6 Å². The number of ether oxygens (including phenoxy) is 4. The third-order valence-electron chi connectivity index (χ3n) is 15.0. The van der Waals surface area contributed by atoms with Gasteiger partial charge in [-0.15, -0.1) is 0 Å². The van der Waals surface area contributed by atoms with E-state index < -0.39 is 139 Å². The Morgan fingerprint density at radius 2 is 0.925 bits per heavy atom. The fraction of sp³-hybridized carbons (Fsp3) is 0.667. The number of carbonyl (C=O) groups excluding carboxylic acids is 6. The van der Waals surface area contributed by atoms with Crippen LogP contribution in [-0.4, -0.2) is 205 Å². The van der Waals surface area contributed by atoms with E-state index in [4.69, 9.17) is 18.9 Å². The van der Waals surface area contributed by atoms with E-state index >= 15 is 9.59 Å². The average molecular weight is 1170 g/mol. The summed E-state index contributed by atoms with van der Waals surface area (Å²) >= 11 is 0. The number of amides is 6. The summed E-state index contributed by atoms with van der Waals surface area (Å²) in [5.41, 5.74) is -0.557. The van der Waals surface area contributed by atoms with E-state index in [1.807, 2.05) is 0 Å². The molecule has 0 saturated carbocycles. The lowest BCUT2D eigenvalue weighted by molar-refractivity contribution is -0.140. The highest BCUT2D eigenvalue weighted by atomic mass is 32.2. The molecule has 6 rings (SSSR count). The third kappa shape index (κ3) is 16.1. The van der Waals surface area contributed by atoms with Crippen LogP contribution in [0, 0.1) is 11.6 Å². The molecule has 0 spiro atoms. The Bertz CT molecular complexity index is 2600. The highest BCUT2D eigenvalue weighted by Gasteiger charge is 2.56. The van der Waals surface area contributed by atoms with E-state index in [-0.39, 0.29) is 77.9 Å². The number of likely N-dealkylation sites (N-methyl/N-ethyl adjacent to an activating group) is 2. The summed E-state index contributed by atoms with van der Waals surface area (Å²) in [4.78, 5) is 89.9. The molecule has 0 aliphatic carbocycles. The molecule has 446 valence electrons. The van der Waals surface area contributed by atoms with E-state index in [0.717, 1.165) is 22.3 Å². The first-order valence-corrected chi connectivity index (χ1v) is 30.6. The number of hydrogen-bond donors (Lipinski definition) is 2. The van der Waals surface area contributed by atoms with Gasteiger partial charge in [0.2, 0.25) is 43.7 Å². The SMILES string of the molecule is C[C@@H](C(=O)N[C@@H](CCCC[C@H](NC(=O)[C@H](C)N(C)C(=O)OC(C)(C)C)C(=O)N1CC[C@@H]2[C@H]1[C@@H](OCc1ccc(F)cc1)CN2S(C)(=O)=O)C(=O)N1CC[C@@H]2[C@H]1[C@@H](OCc1ccc(F)cc1)CN2S(C)(=O)=O)N(C)C(=O)OC(C)(C)C. The molecule has 80 heavy (non-hydrogen) atoms. The van der Waals surface area contributed by atoms with Gasteiger partial charge in [0.1, 0.15) is 47.0 Å². The molecule has 4 heterocycles. The van der Waals surface area contributed by atoms with Crippen LogP contribution in [0.15, 0.2) is 48.5 Å². The number of sulfonamides is 2. The second kappa shape index (κ2) is 25.7. The molecule has 22 nitrogen and oxygen atoms in total. The van der Waals surface area contributed by atoms with Crippen molar-refractivity contribution < 1.29 is 73.3 Å². The third-order valence-corrected chi connectivity index (χ3v) is 17.5. The van der Waals surface area contributed by atoms with Crippen molar-refractivity contribution in [3.63, 3.8) is 0 Å². The molecule has 0 aromatic heterocycles. The lowest BCUT2D eigenvalue weighted by Gasteiger charge is -2.34. The first-order valence-electron chi connectivity index (χ1n) is 26.9. The normalized spacial score (nSPS) is 23.1. The van der Waals surface area contributed by atoms with Gasteiger partial charge < -0.3 is 39.4 Å². The van der Waals surface area contributed by atoms with Gasteiger partial charge in [0.25, 0.3) is 0 Å². The largest absolute Gasteiger partial charge is 0.444 e. The van der Waals surface area contributed by atoms with Crippen LogP contribution in [0.4, 0.5) is 18.4 Å². The highest BCUT2D eigenvalue weighted by Crippen LogP contribution is 2.38. The Morgan fingerprint density at radius 3 is 1.23 bits per heavy atom. The Kier molecular flexibility index (Phi) is 20.5. The van der Waals surface area contributed by atoms with E-state index in [1.165, 1.54) is 94.9 Å². The number of likely N-dealkylation sites (tertiary alicyclic amines) is 2. The van der Waals surface area contributed by atoms with Crippen molar-refractivity contribution in [1.82, 2.24) is 38.8 Å². The zero-order valence-corrected chi connectivity index (χ0v) is 49.5. The molecule has 26 heteroatoms. The summed E-state index contributed by atoms with van der Waals surface area (Å²) in [5, 5.41) is 5.68. The molecule has 10 atom stereocenters. The maximum atomic E-state index is 15.1. The zero-order chi connectivity index (χ0) is 59.4. The van der Waals surface area contributed by atoms with Crippen molar-refractivity contribution >= 4 is 55.9 Å². The molecule has 4 aliphatic heterocycles. The number of nitrogens with zero attached hydrogens (tertiary/aromatic N) is 6. The molecule has 6 amide bonds. The molecule has 2 N–H and O–H groups in total. The van der Waals surface area contributed by atoms with Crippen molar-refractivity contribution in [1.29, 1.82) is 0 Å². The fourth-order valence-electron chi connectivity index (χ4n) is 10.6. The smallest absolute Gasteiger partial charge is 0.410 e. The van der Waals surface area contributed by atoms with Gasteiger partial charge in [0, 0.05) is 52.4 Å². The maximum absolute atomic E-state index is 15.1. The van der Waals surface area contributed by atoms with Gasteiger partial charge in [0.05, 0.1) is 50.0 Å². The van der Waals surface area contributed by atoms with Gasteiger partial charge in [-0.2, -0.15) is 8.61 Å². The average Bonchev–Trinajstić information content (AvgIpc) is 4.37. The number of unbranched alkanes of at least 4 members (excludes halogenated alkanes) is 1. The van der Waals surface area contributed by atoms with Crippen LogP contribution in [-0.2, 0) is 71.4 Å². The first-order chi connectivity index (χ1) is 37.1. The van der Waals surface area contributed by atoms with Crippen LogP contribution in [0.1, 0.15) is 105 Å². The maximum Gasteiger partial charge on any atom is 0.410 e. The first kappa shape index (κ1) is 63.6. The van der Waals surface area contributed by atoms with Crippen LogP contribution in [0.2, 0.25) is 0 Å². The minimum absolute atomic E-state index is 0.0204. The summed E-state index contributed by atoms with van der Waals surface area (Å²) in [6, 6.07) is 3.46. The van der Waals surface area contributed by atoms with Crippen molar-refractivity contribution in [3.8, 4) is 0 Å². The number of nitrogens with one attached hydrogen (secondary N) is 2. The molecule has 2 aromatic rings. The van der Waals surface area contributed by atoms with Crippen LogP contribution in [0.5, 0.6) is 0 Å². The standard InChI is InChI=1S/C54H80F2N8O14S2/c1-33(59(9)51(69)77-53(3,4)5)47(65)57-39(49(67)61-27-25-41-45(61)43(29-63(41)79(11,71)72)75-31-35-17-21-37(55)22-18-35)15-13-14-16-40(58-48(66)34(2)60(10)52(70)78-54(6,7)8)50(68)62-28-26-42-46(62)44(30-64(42)80(12,73)74)76-32-36-19-23-38(56)24-20-36/h17-24,33-34,39-46H,13-16,25-32H2,1-12H3,(H,57,65)(H,58,66)/t33-,34-,39-,40-,41+,42+,43-,44-,45-,46-/m0/s1. The van der Waals surface area contributed by atoms with Crippen molar-refractivity contribution in [3.05, 3.63) is 71.3 Å². The molecular formula is C54H80F2N8O14S2. The Labute approximate surface area is 469 Å². The van der Waals surface area contributed by atoms with Crippen LogP contribution < -0.4 is 10.6 Å². The van der Waals surface area contributed by atoms with Crippen molar-refractivity contribution in [2.75, 3.05) is 52.8 Å². The zero-order valence-electron chi connectivity index (χ0n) is 47.8. The van der Waals surface area contributed by atoms with Crippen molar-refractivity contribution in [2.45, 2.75) is 179 Å². The molecule has 4 fully saturated rings. The lowest BCUT2D eigenvalue weighted by Crippen LogP contribution is -2.57. The predicted molar refractivity (Wildman–Crippen MR) is 290 cm³/mol. The topological polar surface area (TPSA) is 251 Å². The molecular weight excluding hydrogens is 1090 g/mol. The summed E-state index contributed by atoms with van der Waals surface area (Å²) in [7, 11) is -4.84. The van der Waals surface area contributed by atoms with Gasteiger partial charge in [-0.3, -0.25) is 29.0 Å². The van der Waals surface area contributed by atoms with Crippen LogP contribution in [0.25, 0.3) is 0 Å². The Balaban J connectivity index is 1.27. The van der Waals surface area contributed by atoms with Gasteiger partial charge >= 0.3 is 12.2 Å². The van der Waals surface area contributed by atoms with E-state index in [1.54, 1.807) is 41.5 Å². The number of benzene rings is 2. The van der Waals surface area contributed by atoms with E-state index in [0.29, 0.717) is 11.1 Å². The van der Waals surface area contributed by atoms with Crippen LogP contribution in [0.3, 0.4) is 0 Å². The van der Waals surface area contributed by atoms with Gasteiger partial charge in [-0.25, -0.2) is 35.2 Å². The molecule has 0 bridgehead atoms. The number of rotatable bonds is 21. The second-order valence-corrected chi connectivity index (χ2v) is 27.2. The Hall–Kier alpha value is -5.54. The molecule has 4 aliphatic rings. The number of fused-ring (bicyclic) bond motifs is 2. The molecule has 0 unspecified atom stereocenters. The van der Waals surface area contributed by atoms with Crippen molar-refractivity contribution in [2.24, 2.45) is 0 Å². The van der Waals surface area contributed by atoms with Gasteiger partial charge in [0.15, 0.2) is 0 Å². The van der Waals surface area contributed by atoms with Crippen LogP contribution >= 0.6 is 0 Å². The summed E-state index contributed by atoms with van der Waals surface area (Å²) < 4.78 is 106. The predicted octanol–water partition coefficient (Wildman–Crippen LogP) is 3.97. The Morgan fingerprint density at radius 1 is 0.600 bits per heavy atom. The summed E-state index contributed by atoms with van der Waals surface area (Å²) in [6.07, 6.45) is -0.356. The minimum atomic E-state index is -3.80.